The molecule has 0 radical (unpaired) electrons. The predicted octanol–water partition coefficient (Wildman–Crippen LogP) is 3.85. The summed E-state index contributed by atoms with van der Waals surface area (Å²) in [6, 6.07) is 15.5. The first-order valence-corrected chi connectivity index (χ1v) is 7.75. The maximum atomic E-state index is 12.8. The molecular weight excluding hydrogens is 288 g/mol. The third-order valence-electron chi connectivity index (χ3n) is 4.62. The summed E-state index contributed by atoms with van der Waals surface area (Å²) in [5, 5.41) is 4.10. The molecule has 0 saturated heterocycles. The van der Waals surface area contributed by atoms with Gasteiger partial charge in [0, 0.05) is 22.8 Å². The standard InChI is InChI=1S/C19H18N2O2/c1-23-14-7-8-17-15(11-14)16(12-20-17)19(9-10-19)18(22)21-13-5-3-2-4-6-13/h2-8,11-12,20H,9-10H2,1H3,(H,21,22). The Bertz CT molecular complexity index is 863. The van der Waals surface area contributed by atoms with Crippen molar-refractivity contribution in [3.8, 4) is 5.75 Å². The molecule has 4 rings (SSSR count). The average Bonchev–Trinajstić information content (AvgIpc) is 3.29. The van der Waals surface area contributed by atoms with E-state index in [-0.39, 0.29) is 5.91 Å². The Morgan fingerprint density at radius 3 is 2.65 bits per heavy atom. The van der Waals surface area contributed by atoms with Crippen molar-refractivity contribution in [1.29, 1.82) is 0 Å². The highest BCUT2D eigenvalue weighted by atomic mass is 16.5. The van der Waals surface area contributed by atoms with Crippen molar-refractivity contribution >= 4 is 22.5 Å². The minimum atomic E-state index is -0.430. The minimum Gasteiger partial charge on any atom is -0.497 e. The van der Waals surface area contributed by atoms with Crippen LogP contribution in [0.25, 0.3) is 10.9 Å². The summed E-state index contributed by atoms with van der Waals surface area (Å²) >= 11 is 0. The lowest BCUT2D eigenvalue weighted by Gasteiger charge is -2.15. The van der Waals surface area contributed by atoms with Crippen molar-refractivity contribution in [2.45, 2.75) is 18.3 Å². The Morgan fingerprint density at radius 2 is 1.96 bits per heavy atom. The Labute approximate surface area is 134 Å². The van der Waals surface area contributed by atoms with Gasteiger partial charge in [-0.15, -0.1) is 0 Å². The fourth-order valence-corrected chi connectivity index (χ4v) is 3.14. The summed E-state index contributed by atoms with van der Waals surface area (Å²) in [5.41, 5.74) is 2.49. The van der Waals surface area contributed by atoms with Crippen LogP contribution in [0.15, 0.2) is 54.7 Å². The Morgan fingerprint density at radius 1 is 1.17 bits per heavy atom. The number of carbonyl (C=O) groups excluding carboxylic acids is 1. The fourth-order valence-electron chi connectivity index (χ4n) is 3.14. The number of nitrogens with one attached hydrogen (secondary N) is 2. The molecule has 1 fully saturated rings. The van der Waals surface area contributed by atoms with Crippen LogP contribution in [0.4, 0.5) is 5.69 Å². The second-order valence-electron chi connectivity index (χ2n) is 6.02. The van der Waals surface area contributed by atoms with Crippen molar-refractivity contribution in [3.05, 3.63) is 60.3 Å². The molecule has 2 aromatic carbocycles. The molecule has 0 aliphatic heterocycles. The van der Waals surface area contributed by atoms with Crippen LogP contribution in [0.2, 0.25) is 0 Å². The van der Waals surface area contributed by atoms with Crippen LogP contribution in [-0.2, 0) is 10.2 Å². The first kappa shape index (κ1) is 13.9. The van der Waals surface area contributed by atoms with Crippen molar-refractivity contribution < 1.29 is 9.53 Å². The number of fused-ring (bicyclic) bond motifs is 1. The summed E-state index contributed by atoms with van der Waals surface area (Å²) in [6.07, 6.45) is 3.70. The summed E-state index contributed by atoms with van der Waals surface area (Å²) in [4.78, 5) is 16.1. The van der Waals surface area contributed by atoms with E-state index < -0.39 is 5.41 Å². The lowest BCUT2D eigenvalue weighted by molar-refractivity contribution is -0.118. The molecule has 4 heteroatoms. The summed E-state index contributed by atoms with van der Waals surface area (Å²) in [7, 11) is 1.66. The predicted molar refractivity (Wildman–Crippen MR) is 90.8 cm³/mol. The second-order valence-corrected chi connectivity index (χ2v) is 6.02. The number of H-pyrrole nitrogens is 1. The molecule has 0 spiro atoms. The molecule has 116 valence electrons. The van der Waals surface area contributed by atoms with E-state index in [9.17, 15) is 4.79 Å². The number of para-hydroxylation sites is 1. The van der Waals surface area contributed by atoms with Gasteiger partial charge < -0.3 is 15.0 Å². The number of carbonyl (C=O) groups is 1. The van der Waals surface area contributed by atoms with Gasteiger partial charge in [-0.05, 0) is 48.7 Å². The molecule has 1 amide bonds. The smallest absolute Gasteiger partial charge is 0.235 e. The molecule has 1 aliphatic carbocycles. The Balaban J connectivity index is 1.70. The molecule has 1 aromatic heterocycles. The summed E-state index contributed by atoms with van der Waals surface area (Å²) in [6.45, 7) is 0. The number of hydrogen-bond donors (Lipinski definition) is 2. The third-order valence-corrected chi connectivity index (χ3v) is 4.62. The van der Waals surface area contributed by atoms with Crippen molar-refractivity contribution in [2.75, 3.05) is 12.4 Å². The van der Waals surface area contributed by atoms with Crippen LogP contribution in [0.5, 0.6) is 5.75 Å². The van der Waals surface area contributed by atoms with Crippen LogP contribution in [0.3, 0.4) is 0 Å². The zero-order chi connectivity index (χ0) is 15.9. The van der Waals surface area contributed by atoms with E-state index in [0.29, 0.717) is 0 Å². The van der Waals surface area contributed by atoms with Crippen LogP contribution >= 0.6 is 0 Å². The quantitative estimate of drug-likeness (QED) is 0.769. The lowest BCUT2D eigenvalue weighted by Crippen LogP contribution is -2.27. The van der Waals surface area contributed by atoms with Gasteiger partial charge in [-0.3, -0.25) is 4.79 Å². The molecule has 4 nitrogen and oxygen atoms in total. The van der Waals surface area contributed by atoms with Gasteiger partial charge in [-0.25, -0.2) is 0 Å². The number of benzene rings is 2. The number of methoxy groups -OCH3 is 1. The molecule has 1 saturated carbocycles. The van der Waals surface area contributed by atoms with Crippen molar-refractivity contribution in [2.24, 2.45) is 0 Å². The number of anilines is 1. The second kappa shape index (κ2) is 5.16. The molecule has 0 atom stereocenters. The molecule has 0 bridgehead atoms. The fraction of sp³-hybridized carbons (Fsp3) is 0.211. The zero-order valence-electron chi connectivity index (χ0n) is 12.9. The Kier molecular flexibility index (Phi) is 3.11. The van der Waals surface area contributed by atoms with E-state index >= 15 is 0 Å². The van der Waals surface area contributed by atoms with E-state index in [0.717, 1.165) is 40.7 Å². The van der Waals surface area contributed by atoms with Gasteiger partial charge >= 0.3 is 0 Å². The number of amides is 1. The van der Waals surface area contributed by atoms with Gasteiger partial charge in [0.25, 0.3) is 0 Å². The highest BCUT2D eigenvalue weighted by Gasteiger charge is 2.52. The van der Waals surface area contributed by atoms with Gasteiger partial charge in [-0.1, -0.05) is 18.2 Å². The summed E-state index contributed by atoms with van der Waals surface area (Å²) < 4.78 is 5.32. The first-order valence-electron chi connectivity index (χ1n) is 7.75. The normalized spacial score (nSPS) is 15.3. The molecule has 3 aromatic rings. The van der Waals surface area contributed by atoms with Crippen LogP contribution in [0, 0.1) is 0 Å². The number of aromatic nitrogens is 1. The molecule has 0 unspecified atom stereocenters. The first-order chi connectivity index (χ1) is 11.2. The third kappa shape index (κ3) is 2.27. The van der Waals surface area contributed by atoms with Gasteiger partial charge in [0.15, 0.2) is 0 Å². The van der Waals surface area contributed by atoms with E-state index in [1.807, 2.05) is 54.7 Å². The minimum absolute atomic E-state index is 0.0624. The summed E-state index contributed by atoms with van der Waals surface area (Å²) in [5.74, 6) is 0.866. The number of hydrogen-bond acceptors (Lipinski definition) is 2. The number of ether oxygens (including phenoxy) is 1. The maximum absolute atomic E-state index is 12.8. The molecule has 1 aliphatic rings. The van der Waals surface area contributed by atoms with Crippen molar-refractivity contribution in [1.82, 2.24) is 4.98 Å². The molecule has 1 heterocycles. The SMILES string of the molecule is COc1ccc2[nH]cc(C3(C(=O)Nc4ccccc4)CC3)c2c1. The van der Waals surface area contributed by atoms with Crippen molar-refractivity contribution in [3.63, 3.8) is 0 Å². The maximum Gasteiger partial charge on any atom is 0.235 e. The van der Waals surface area contributed by atoms with Gasteiger partial charge in [0.2, 0.25) is 5.91 Å². The monoisotopic (exact) mass is 306 g/mol. The largest absolute Gasteiger partial charge is 0.497 e. The number of aromatic amines is 1. The van der Waals surface area contributed by atoms with E-state index in [4.69, 9.17) is 4.74 Å². The lowest BCUT2D eigenvalue weighted by atomic mass is 9.94. The topological polar surface area (TPSA) is 54.1 Å². The van der Waals surface area contributed by atoms with Crippen LogP contribution in [0.1, 0.15) is 18.4 Å². The van der Waals surface area contributed by atoms with E-state index in [1.165, 1.54) is 0 Å². The van der Waals surface area contributed by atoms with E-state index in [1.54, 1.807) is 7.11 Å². The van der Waals surface area contributed by atoms with E-state index in [2.05, 4.69) is 10.3 Å². The van der Waals surface area contributed by atoms with Gasteiger partial charge in [0.05, 0.1) is 12.5 Å². The van der Waals surface area contributed by atoms with Gasteiger partial charge in [0.1, 0.15) is 5.75 Å². The molecule has 2 N–H and O–H groups in total. The molecule has 23 heavy (non-hydrogen) atoms. The Hall–Kier alpha value is -2.75. The van der Waals surface area contributed by atoms with Crippen LogP contribution in [-0.4, -0.2) is 18.0 Å². The van der Waals surface area contributed by atoms with Crippen LogP contribution < -0.4 is 10.1 Å². The molecular formula is C19H18N2O2. The van der Waals surface area contributed by atoms with Gasteiger partial charge in [-0.2, -0.15) is 0 Å². The number of rotatable bonds is 4. The highest BCUT2D eigenvalue weighted by Crippen LogP contribution is 2.51. The zero-order valence-corrected chi connectivity index (χ0v) is 12.9. The average molecular weight is 306 g/mol. The highest BCUT2D eigenvalue weighted by molar-refractivity contribution is 6.04.